The molecule has 1 amide bonds. The lowest BCUT2D eigenvalue weighted by molar-refractivity contribution is -0.384. The Labute approximate surface area is 211 Å². The van der Waals surface area contributed by atoms with Gasteiger partial charge < -0.3 is 14.8 Å². The molecule has 0 heterocycles. The number of benzene rings is 3. The van der Waals surface area contributed by atoms with E-state index in [1.54, 1.807) is 30.3 Å². The van der Waals surface area contributed by atoms with Crippen molar-refractivity contribution >= 4 is 39.3 Å². The molecule has 0 saturated carbocycles. The van der Waals surface area contributed by atoms with Crippen molar-refractivity contribution in [3.05, 3.63) is 97.0 Å². The van der Waals surface area contributed by atoms with Gasteiger partial charge in [-0.2, -0.15) is 5.26 Å². The smallest absolute Gasteiger partial charge is 0.269 e. The van der Waals surface area contributed by atoms with Gasteiger partial charge in [0.1, 0.15) is 18.2 Å². The fourth-order valence-corrected chi connectivity index (χ4v) is 3.67. The van der Waals surface area contributed by atoms with Crippen molar-refractivity contribution in [3.8, 4) is 17.6 Å². The fourth-order valence-electron chi connectivity index (χ4n) is 3.23. The van der Waals surface area contributed by atoms with Gasteiger partial charge in [-0.1, -0.05) is 40.2 Å². The third-order valence-corrected chi connectivity index (χ3v) is 6.00. The number of hydrogen-bond donors (Lipinski definition) is 1. The SMILES string of the molecule is COc1cc(/C=C(\C#N)C(=O)Nc2cccc(C)c2C)c(Br)cc1OCc1cccc([N+](=O)[O-])c1. The van der Waals surface area contributed by atoms with Crippen molar-refractivity contribution in [2.45, 2.75) is 20.5 Å². The number of carbonyl (C=O) groups excluding carboxylic acids is 1. The summed E-state index contributed by atoms with van der Waals surface area (Å²) >= 11 is 3.45. The van der Waals surface area contributed by atoms with Gasteiger partial charge in [-0.3, -0.25) is 14.9 Å². The number of nitrogens with one attached hydrogen (secondary N) is 1. The molecule has 8 nitrogen and oxygen atoms in total. The summed E-state index contributed by atoms with van der Waals surface area (Å²) in [6.07, 6.45) is 1.46. The van der Waals surface area contributed by atoms with Crippen molar-refractivity contribution in [2.24, 2.45) is 0 Å². The van der Waals surface area contributed by atoms with E-state index >= 15 is 0 Å². The lowest BCUT2D eigenvalue weighted by Gasteiger charge is -2.13. The maximum Gasteiger partial charge on any atom is 0.269 e. The van der Waals surface area contributed by atoms with Gasteiger partial charge in [0.25, 0.3) is 11.6 Å². The number of carbonyl (C=O) groups is 1. The van der Waals surface area contributed by atoms with E-state index < -0.39 is 10.8 Å². The molecule has 0 bridgehead atoms. The highest BCUT2D eigenvalue weighted by Gasteiger charge is 2.15. The molecule has 0 saturated heterocycles. The molecule has 0 unspecified atom stereocenters. The predicted molar refractivity (Wildman–Crippen MR) is 136 cm³/mol. The lowest BCUT2D eigenvalue weighted by Crippen LogP contribution is -2.14. The van der Waals surface area contributed by atoms with Crippen LogP contribution in [0.15, 0.2) is 64.6 Å². The summed E-state index contributed by atoms with van der Waals surface area (Å²) in [5.74, 6) is 0.233. The van der Waals surface area contributed by atoms with Gasteiger partial charge in [-0.25, -0.2) is 0 Å². The summed E-state index contributed by atoms with van der Waals surface area (Å²) in [5.41, 5.74) is 3.64. The van der Waals surface area contributed by atoms with E-state index in [1.165, 1.54) is 25.3 Å². The lowest BCUT2D eigenvalue weighted by atomic mass is 10.1. The van der Waals surface area contributed by atoms with Crippen LogP contribution in [0.4, 0.5) is 11.4 Å². The minimum Gasteiger partial charge on any atom is -0.493 e. The number of aryl methyl sites for hydroxylation is 1. The van der Waals surface area contributed by atoms with Crippen molar-refractivity contribution in [3.63, 3.8) is 0 Å². The first-order valence-corrected chi connectivity index (χ1v) is 11.3. The van der Waals surface area contributed by atoms with Gasteiger partial charge in [0.2, 0.25) is 0 Å². The molecule has 3 rings (SSSR count). The molecule has 3 aromatic carbocycles. The number of hydrogen-bond acceptors (Lipinski definition) is 6. The number of methoxy groups -OCH3 is 1. The van der Waals surface area contributed by atoms with E-state index in [4.69, 9.17) is 9.47 Å². The van der Waals surface area contributed by atoms with E-state index in [-0.39, 0.29) is 17.9 Å². The molecule has 0 aliphatic rings. The van der Waals surface area contributed by atoms with Crippen molar-refractivity contribution < 1.29 is 19.2 Å². The number of ether oxygens (including phenoxy) is 2. The van der Waals surface area contributed by atoms with E-state index in [2.05, 4.69) is 21.2 Å². The molecule has 35 heavy (non-hydrogen) atoms. The molecular weight excluding hydrogens is 514 g/mol. The first-order valence-electron chi connectivity index (χ1n) is 10.5. The number of rotatable bonds is 8. The van der Waals surface area contributed by atoms with Crippen LogP contribution in [-0.4, -0.2) is 17.9 Å². The molecule has 0 aliphatic heterocycles. The average molecular weight is 536 g/mol. The molecule has 0 spiro atoms. The predicted octanol–water partition coefficient (Wildman–Crippen LogP) is 6.11. The van der Waals surface area contributed by atoms with Crippen LogP contribution in [0.2, 0.25) is 0 Å². The molecule has 3 aromatic rings. The third-order valence-electron chi connectivity index (χ3n) is 5.32. The molecule has 0 aliphatic carbocycles. The Morgan fingerprint density at radius 2 is 1.91 bits per heavy atom. The quantitative estimate of drug-likeness (QED) is 0.161. The highest BCUT2D eigenvalue weighted by Crippen LogP contribution is 2.35. The van der Waals surface area contributed by atoms with Crippen LogP contribution in [0.5, 0.6) is 11.5 Å². The molecule has 0 radical (unpaired) electrons. The van der Waals surface area contributed by atoms with E-state index in [1.807, 2.05) is 32.0 Å². The van der Waals surface area contributed by atoms with Gasteiger partial charge >= 0.3 is 0 Å². The van der Waals surface area contributed by atoms with Crippen LogP contribution in [0, 0.1) is 35.3 Å². The first kappa shape index (κ1) is 25.5. The first-order chi connectivity index (χ1) is 16.7. The van der Waals surface area contributed by atoms with Crippen molar-refractivity contribution in [1.82, 2.24) is 0 Å². The molecule has 9 heteroatoms. The summed E-state index contributed by atoms with van der Waals surface area (Å²) in [6.45, 7) is 3.92. The monoisotopic (exact) mass is 535 g/mol. The average Bonchev–Trinajstić information content (AvgIpc) is 2.84. The number of anilines is 1. The molecule has 1 N–H and O–H groups in total. The molecular formula is C26H22BrN3O5. The molecule has 178 valence electrons. The Kier molecular flexibility index (Phi) is 8.23. The molecule has 0 atom stereocenters. The summed E-state index contributed by atoms with van der Waals surface area (Å²) in [7, 11) is 1.47. The zero-order chi connectivity index (χ0) is 25.5. The molecule has 0 aromatic heterocycles. The summed E-state index contributed by atoms with van der Waals surface area (Å²) in [5, 5.41) is 23.4. The largest absolute Gasteiger partial charge is 0.493 e. The van der Waals surface area contributed by atoms with Crippen LogP contribution in [0.3, 0.4) is 0 Å². The molecule has 0 fully saturated rings. The number of nitrogens with zero attached hydrogens (tertiary/aromatic N) is 2. The van der Waals surface area contributed by atoms with Gasteiger partial charge in [-0.15, -0.1) is 0 Å². The zero-order valence-corrected chi connectivity index (χ0v) is 20.9. The van der Waals surface area contributed by atoms with Gasteiger partial charge in [0, 0.05) is 22.3 Å². The Balaban J connectivity index is 1.83. The minimum atomic E-state index is -0.530. The third kappa shape index (κ3) is 6.25. The topological polar surface area (TPSA) is 114 Å². The second-order valence-electron chi connectivity index (χ2n) is 7.61. The zero-order valence-electron chi connectivity index (χ0n) is 19.3. The van der Waals surface area contributed by atoms with E-state index in [0.717, 1.165) is 11.1 Å². The standard InChI is InChI=1S/C26H22BrN3O5/c1-16-6-4-9-23(17(16)2)29-26(31)20(14-28)11-19-12-24(34-3)25(13-22(19)27)35-15-18-7-5-8-21(10-18)30(32)33/h4-13H,15H2,1-3H3,(H,29,31)/b20-11+. The number of amides is 1. The number of nitro groups is 1. The number of nitro benzene ring substituents is 1. The maximum atomic E-state index is 12.8. The van der Waals surface area contributed by atoms with E-state index in [9.17, 15) is 20.2 Å². The highest BCUT2D eigenvalue weighted by molar-refractivity contribution is 9.10. The number of halogens is 1. The summed E-state index contributed by atoms with van der Waals surface area (Å²) in [6, 6.07) is 16.9. The normalized spacial score (nSPS) is 10.9. The van der Waals surface area contributed by atoms with Crippen LogP contribution < -0.4 is 14.8 Å². The fraction of sp³-hybridized carbons (Fsp3) is 0.154. The Morgan fingerprint density at radius 3 is 2.60 bits per heavy atom. The second kappa shape index (κ2) is 11.3. The van der Waals surface area contributed by atoms with Gasteiger partial charge in [0.15, 0.2) is 11.5 Å². The van der Waals surface area contributed by atoms with Crippen molar-refractivity contribution in [2.75, 3.05) is 12.4 Å². The maximum absolute atomic E-state index is 12.8. The summed E-state index contributed by atoms with van der Waals surface area (Å²) in [4.78, 5) is 23.3. The second-order valence-corrected chi connectivity index (χ2v) is 8.47. The minimum absolute atomic E-state index is 0.0251. The van der Waals surface area contributed by atoms with Gasteiger partial charge in [0.05, 0.1) is 12.0 Å². The number of nitriles is 1. The highest BCUT2D eigenvalue weighted by atomic mass is 79.9. The van der Waals surface area contributed by atoms with Crippen LogP contribution in [-0.2, 0) is 11.4 Å². The van der Waals surface area contributed by atoms with Gasteiger partial charge in [-0.05, 0) is 60.4 Å². The van der Waals surface area contributed by atoms with E-state index in [0.29, 0.717) is 32.8 Å². The Hall–Kier alpha value is -4.16. The summed E-state index contributed by atoms with van der Waals surface area (Å²) < 4.78 is 11.8. The van der Waals surface area contributed by atoms with Crippen LogP contribution in [0.25, 0.3) is 6.08 Å². The Bertz CT molecular complexity index is 1360. The Morgan fingerprint density at radius 1 is 1.17 bits per heavy atom. The van der Waals surface area contributed by atoms with Crippen LogP contribution in [0.1, 0.15) is 22.3 Å². The van der Waals surface area contributed by atoms with Crippen molar-refractivity contribution in [1.29, 1.82) is 5.26 Å². The van der Waals surface area contributed by atoms with Crippen LogP contribution >= 0.6 is 15.9 Å². The number of non-ortho nitro benzene ring substituents is 1.